The van der Waals surface area contributed by atoms with Crippen molar-refractivity contribution in [2.24, 2.45) is 7.05 Å². The number of aryl methyl sites for hydroxylation is 1. The lowest BCUT2D eigenvalue weighted by Gasteiger charge is -2.26. The van der Waals surface area contributed by atoms with Crippen LogP contribution in [0.4, 0.5) is 19.0 Å². The third-order valence-corrected chi connectivity index (χ3v) is 4.52. The standard InChI is InChI=1S/C15H16FN3O.C3H4F2/c1-19-15(17-9-20)13(10-4-2-5-10)14(18-19)11-6-3-7-12(16)8-11;4-3(5)1-2-3/h3,6-10H,2,4-5H2,1H3,(H,17,20);1-2H2. The molecule has 2 fully saturated rings. The van der Waals surface area contributed by atoms with E-state index in [1.807, 2.05) is 6.07 Å². The number of halogens is 3. The topological polar surface area (TPSA) is 46.9 Å². The molecule has 1 N–H and O–H groups in total. The maximum absolute atomic E-state index is 13.4. The first-order chi connectivity index (χ1) is 11.9. The van der Waals surface area contributed by atoms with Crippen molar-refractivity contribution in [2.45, 2.75) is 43.9 Å². The zero-order valence-corrected chi connectivity index (χ0v) is 13.9. The van der Waals surface area contributed by atoms with Crippen LogP contribution in [0.15, 0.2) is 24.3 Å². The Kier molecular flexibility index (Phi) is 4.83. The van der Waals surface area contributed by atoms with E-state index in [9.17, 15) is 18.0 Å². The minimum absolute atomic E-state index is 0.118. The summed E-state index contributed by atoms with van der Waals surface area (Å²) in [6.45, 7) is 0. The Morgan fingerprint density at radius 3 is 2.48 bits per heavy atom. The highest BCUT2D eigenvalue weighted by molar-refractivity contribution is 5.78. The van der Waals surface area contributed by atoms with Crippen molar-refractivity contribution in [3.8, 4) is 11.3 Å². The van der Waals surface area contributed by atoms with Gasteiger partial charge in [-0.05, 0) is 30.9 Å². The van der Waals surface area contributed by atoms with E-state index in [1.165, 1.54) is 18.6 Å². The van der Waals surface area contributed by atoms with Crippen molar-refractivity contribution < 1.29 is 18.0 Å². The zero-order valence-electron chi connectivity index (χ0n) is 13.9. The number of rotatable bonds is 4. The van der Waals surface area contributed by atoms with E-state index in [1.54, 1.807) is 17.8 Å². The molecule has 25 heavy (non-hydrogen) atoms. The van der Waals surface area contributed by atoms with Gasteiger partial charge in [0.05, 0.1) is 5.69 Å². The van der Waals surface area contributed by atoms with Crippen LogP contribution in [0.3, 0.4) is 0 Å². The number of anilines is 1. The fraction of sp³-hybridized carbons (Fsp3) is 0.444. The summed E-state index contributed by atoms with van der Waals surface area (Å²) in [6, 6.07) is 6.42. The highest BCUT2D eigenvalue weighted by Crippen LogP contribution is 2.44. The van der Waals surface area contributed by atoms with Crippen LogP contribution in [0.5, 0.6) is 0 Å². The van der Waals surface area contributed by atoms with Crippen molar-refractivity contribution in [3.05, 3.63) is 35.6 Å². The van der Waals surface area contributed by atoms with Gasteiger partial charge in [0.1, 0.15) is 11.6 Å². The molecule has 0 spiro atoms. The summed E-state index contributed by atoms with van der Waals surface area (Å²) in [6.07, 6.45) is 4.25. The lowest BCUT2D eigenvalue weighted by atomic mass is 9.79. The first kappa shape index (κ1) is 17.5. The van der Waals surface area contributed by atoms with Gasteiger partial charge in [-0.15, -0.1) is 0 Å². The van der Waals surface area contributed by atoms with E-state index in [0.29, 0.717) is 18.1 Å². The van der Waals surface area contributed by atoms with Crippen molar-refractivity contribution in [1.29, 1.82) is 0 Å². The Morgan fingerprint density at radius 1 is 1.32 bits per heavy atom. The number of amides is 1. The molecule has 1 aromatic carbocycles. The van der Waals surface area contributed by atoms with Crippen LogP contribution in [0, 0.1) is 5.82 Å². The second-order valence-electron chi connectivity index (χ2n) is 6.49. The van der Waals surface area contributed by atoms with Gasteiger partial charge in [-0.1, -0.05) is 18.6 Å². The Morgan fingerprint density at radius 2 is 2.00 bits per heavy atom. The summed E-state index contributed by atoms with van der Waals surface area (Å²) < 4.78 is 37.3. The second-order valence-corrected chi connectivity index (χ2v) is 6.49. The van der Waals surface area contributed by atoms with E-state index in [2.05, 4.69) is 10.4 Å². The number of benzene rings is 1. The molecule has 1 amide bonds. The van der Waals surface area contributed by atoms with Crippen molar-refractivity contribution in [1.82, 2.24) is 9.78 Å². The number of hydrogen-bond acceptors (Lipinski definition) is 2. The molecule has 134 valence electrons. The van der Waals surface area contributed by atoms with Gasteiger partial charge in [-0.3, -0.25) is 9.48 Å². The number of carbonyl (C=O) groups excluding carboxylic acids is 1. The molecule has 0 radical (unpaired) electrons. The van der Waals surface area contributed by atoms with Gasteiger partial charge in [-0.2, -0.15) is 5.10 Å². The molecule has 2 saturated carbocycles. The number of aromatic nitrogens is 2. The Hall–Kier alpha value is -2.31. The van der Waals surface area contributed by atoms with Gasteiger partial charge < -0.3 is 5.32 Å². The minimum Gasteiger partial charge on any atom is -0.313 e. The average molecular weight is 351 g/mol. The summed E-state index contributed by atoms with van der Waals surface area (Å²) in [7, 11) is 1.79. The number of nitrogens with zero attached hydrogens (tertiary/aromatic N) is 2. The highest BCUT2D eigenvalue weighted by Gasteiger charge is 2.43. The Bertz CT molecular complexity index is 763. The highest BCUT2D eigenvalue weighted by atomic mass is 19.3. The van der Waals surface area contributed by atoms with Crippen molar-refractivity contribution >= 4 is 12.2 Å². The van der Waals surface area contributed by atoms with Gasteiger partial charge in [0, 0.05) is 31.0 Å². The molecule has 1 heterocycles. The number of nitrogens with one attached hydrogen (secondary N) is 1. The monoisotopic (exact) mass is 351 g/mol. The van der Waals surface area contributed by atoms with Crippen LogP contribution in [0.25, 0.3) is 11.3 Å². The lowest BCUT2D eigenvalue weighted by molar-refractivity contribution is -0.105. The maximum atomic E-state index is 13.4. The molecule has 0 unspecified atom stereocenters. The molecule has 7 heteroatoms. The summed E-state index contributed by atoms with van der Waals surface area (Å²) >= 11 is 0. The molecule has 0 bridgehead atoms. The molecule has 1 aromatic heterocycles. The third kappa shape index (κ3) is 4.03. The molecule has 0 atom stereocenters. The lowest BCUT2D eigenvalue weighted by Crippen LogP contribution is -2.12. The third-order valence-electron chi connectivity index (χ3n) is 4.52. The van der Waals surface area contributed by atoms with E-state index in [0.717, 1.165) is 29.7 Å². The van der Waals surface area contributed by atoms with Gasteiger partial charge >= 0.3 is 0 Å². The smallest absolute Gasteiger partial charge is 0.248 e. The van der Waals surface area contributed by atoms with E-state index in [-0.39, 0.29) is 18.7 Å². The predicted octanol–water partition coefficient (Wildman–Crippen LogP) is 4.48. The summed E-state index contributed by atoms with van der Waals surface area (Å²) in [4.78, 5) is 10.8. The Labute approximate surface area is 144 Å². The molecule has 2 aliphatic carbocycles. The molecular weight excluding hydrogens is 331 g/mol. The van der Waals surface area contributed by atoms with Crippen LogP contribution >= 0.6 is 0 Å². The van der Waals surface area contributed by atoms with Gasteiger partial charge in [-0.25, -0.2) is 13.2 Å². The second kappa shape index (κ2) is 6.90. The summed E-state index contributed by atoms with van der Waals surface area (Å²) in [5.41, 5.74) is 2.54. The first-order valence-corrected chi connectivity index (χ1v) is 8.32. The van der Waals surface area contributed by atoms with E-state index < -0.39 is 5.92 Å². The maximum Gasteiger partial charge on any atom is 0.248 e. The van der Waals surface area contributed by atoms with E-state index in [4.69, 9.17) is 0 Å². The van der Waals surface area contributed by atoms with Crippen LogP contribution in [0.1, 0.15) is 43.6 Å². The largest absolute Gasteiger partial charge is 0.313 e. The number of alkyl halides is 2. The van der Waals surface area contributed by atoms with Gasteiger partial charge in [0.25, 0.3) is 0 Å². The van der Waals surface area contributed by atoms with Gasteiger partial charge in [0.15, 0.2) is 0 Å². The van der Waals surface area contributed by atoms with Crippen LogP contribution in [-0.4, -0.2) is 22.1 Å². The molecule has 0 saturated heterocycles. The molecule has 2 aliphatic rings. The van der Waals surface area contributed by atoms with Gasteiger partial charge in [0.2, 0.25) is 12.3 Å². The summed E-state index contributed by atoms with van der Waals surface area (Å²) in [5.74, 6) is -1.43. The molecule has 4 nitrogen and oxygen atoms in total. The average Bonchev–Trinajstić information content (AvgIpc) is 3.12. The Balaban J connectivity index is 0.000000314. The van der Waals surface area contributed by atoms with E-state index >= 15 is 0 Å². The fourth-order valence-corrected chi connectivity index (χ4v) is 2.79. The van der Waals surface area contributed by atoms with Crippen molar-refractivity contribution in [2.75, 3.05) is 5.32 Å². The molecule has 2 aromatic rings. The molecule has 4 rings (SSSR count). The molecular formula is C18H20F3N3O. The first-order valence-electron chi connectivity index (χ1n) is 8.32. The fourth-order valence-electron chi connectivity index (χ4n) is 2.79. The summed E-state index contributed by atoms with van der Waals surface area (Å²) in [5, 5.41) is 7.20. The number of hydrogen-bond donors (Lipinski definition) is 1. The van der Waals surface area contributed by atoms with Crippen LogP contribution in [-0.2, 0) is 11.8 Å². The number of carbonyl (C=O) groups is 1. The predicted molar refractivity (Wildman–Crippen MR) is 89.1 cm³/mol. The quantitative estimate of drug-likeness (QED) is 0.826. The minimum atomic E-state index is -2.25. The normalized spacial score (nSPS) is 17.9. The SMILES string of the molecule is Cn1nc(-c2cccc(F)c2)c(C2CCC2)c1NC=O.FC1(F)CC1. The van der Waals surface area contributed by atoms with Crippen LogP contribution < -0.4 is 5.32 Å². The zero-order chi connectivity index (χ0) is 18.0. The molecule has 0 aliphatic heterocycles. The van der Waals surface area contributed by atoms with Crippen LogP contribution in [0.2, 0.25) is 0 Å². The van der Waals surface area contributed by atoms with Crippen molar-refractivity contribution in [3.63, 3.8) is 0 Å².